The zero-order valence-corrected chi connectivity index (χ0v) is 32.6. The van der Waals surface area contributed by atoms with Gasteiger partial charge in [0.1, 0.15) is 24.4 Å². The lowest BCUT2D eigenvalue weighted by molar-refractivity contribution is -0.302. The Kier molecular flexibility index (Phi) is 31.1. The molecule has 1 aliphatic rings. The molecule has 51 heavy (non-hydrogen) atoms. The van der Waals surface area contributed by atoms with Crippen LogP contribution < -0.4 is 5.32 Å². The summed E-state index contributed by atoms with van der Waals surface area (Å²) in [6.45, 7) is 3.78. The molecular formula is C42H79NO8. The molecule has 0 aromatic carbocycles. The molecule has 0 saturated carbocycles. The van der Waals surface area contributed by atoms with E-state index in [4.69, 9.17) is 9.47 Å². The number of hydrogen-bond acceptors (Lipinski definition) is 8. The Bertz CT molecular complexity index is 853. The van der Waals surface area contributed by atoms with Crippen LogP contribution in [-0.4, -0.2) is 87.5 Å². The second-order valence-electron chi connectivity index (χ2n) is 14.8. The van der Waals surface area contributed by atoms with E-state index in [-0.39, 0.29) is 12.5 Å². The number of carbonyl (C=O) groups excluding carboxylic acids is 1. The van der Waals surface area contributed by atoms with Crippen molar-refractivity contribution in [3.8, 4) is 0 Å². The van der Waals surface area contributed by atoms with Gasteiger partial charge in [0, 0.05) is 6.42 Å². The van der Waals surface area contributed by atoms with Gasteiger partial charge < -0.3 is 40.3 Å². The highest BCUT2D eigenvalue weighted by molar-refractivity contribution is 5.76. The standard InChI is InChI=1S/C42H79NO8/c1-3-5-7-9-11-13-15-17-19-21-23-25-27-29-31-36(45)35(34-50-42-41(49)40(48)39(47)37(33-44)51-42)43-38(46)32-30-28-26-24-22-20-18-16-14-12-10-8-6-4-2/h16,18,21,23,35-37,39-42,44-45,47-49H,3-15,17,19-20,22,24-34H2,1-2H3,(H,43,46)/b18-16+,23-21+/t35-,36+,37-,39-,40?,41?,42-/m0/s1. The molecule has 0 aliphatic carbocycles. The van der Waals surface area contributed by atoms with Crippen LogP contribution in [-0.2, 0) is 14.3 Å². The molecule has 0 aromatic heterocycles. The van der Waals surface area contributed by atoms with Crippen LogP contribution in [0.1, 0.15) is 181 Å². The topological polar surface area (TPSA) is 149 Å². The minimum Gasteiger partial charge on any atom is -0.394 e. The molecule has 1 rings (SSSR count). The number of nitrogens with one attached hydrogen (secondary N) is 1. The minimum absolute atomic E-state index is 0.152. The van der Waals surface area contributed by atoms with Gasteiger partial charge in [-0.25, -0.2) is 0 Å². The molecule has 0 bridgehead atoms. The molecule has 1 heterocycles. The normalized spacial score (nSPS) is 22.2. The summed E-state index contributed by atoms with van der Waals surface area (Å²) in [6, 6.07) is -0.735. The first-order valence-corrected chi connectivity index (χ1v) is 21.0. The fraction of sp³-hybridized carbons (Fsp3) is 0.881. The fourth-order valence-corrected chi connectivity index (χ4v) is 6.56. The lowest BCUT2D eigenvalue weighted by atomic mass is 9.99. The van der Waals surface area contributed by atoms with Crippen LogP contribution in [0.25, 0.3) is 0 Å². The summed E-state index contributed by atoms with van der Waals surface area (Å²) in [6.07, 6.45) is 30.4. The zero-order valence-electron chi connectivity index (χ0n) is 32.6. The quantitative estimate of drug-likeness (QED) is 0.0289. The third-order valence-electron chi connectivity index (χ3n) is 10.0. The van der Waals surface area contributed by atoms with Crippen molar-refractivity contribution >= 4 is 5.91 Å². The van der Waals surface area contributed by atoms with E-state index >= 15 is 0 Å². The number of allylic oxidation sites excluding steroid dienone is 4. The Morgan fingerprint density at radius 3 is 1.59 bits per heavy atom. The molecule has 1 amide bonds. The first-order chi connectivity index (χ1) is 24.8. The predicted octanol–water partition coefficient (Wildman–Crippen LogP) is 7.94. The lowest BCUT2D eigenvalue weighted by Gasteiger charge is -2.40. The van der Waals surface area contributed by atoms with Crippen molar-refractivity contribution in [2.45, 2.75) is 224 Å². The van der Waals surface area contributed by atoms with Gasteiger partial charge in [0.2, 0.25) is 5.91 Å². The maximum atomic E-state index is 12.9. The largest absolute Gasteiger partial charge is 0.394 e. The van der Waals surface area contributed by atoms with Crippen molar-refractivity contribution in [3.63, 3.8) is 0 Å². The van der Waals surface area contributed by atoms with Crippen molar-refractivity contribution in [1.82, 2.24) is 5.32 Å². The van der Waals surface area contributed by atoms with Crippen LogP contribution in [0.3, 0.4) is 0 Å². The highest BCUT2D eigenvalue weighted by Gasteiger charge is 2.44. The first-order valence-electron chi connectivity index (χ1n) is 21.0. The molecule has 1 aliphatic heterocycles. The average Bonchev–Trinajstić information content (AvgIpc) is 3.13. The first kappa shape index (κ1) is 47.7. The summed E-state index contributed by atoms with van der Waals surface area (Å²) >= 11 is 0. The maximum Gasteiger partial charge on any atom is 0.220 e. The third kappa shape index (κ3) is 24.6. The van der Waals surface area contributed by atoms with E-state index in [2.05, 4.69) is 43.5 Å². The molecule has 300 valence electrons. The number of aliphatic hydroxyl groups is 5. The molecule has 1 saturated heterocycles. The second kappa shape index (κ2) is 33.3. The van der Waals surface area contributed by atoms with Crippen LogP contribution in [0.4, 0.5) is 0 Å². The molecule has 0 radical (unpaired) electrons. The van der Waals surface area contributed by atoms with E-state index in [1.54, 1.807) is 0 Å². The summed E-state index contributed by atoms with van der Waals surface area (Å²) in [7, 11) is 0. The van der Waals surface area contributed by atoms with Crippen molar-refractivity contribution in [2.24, 2.45) is 0 Å². The van der Waals surface area contributed by atoms with Gasteiger partial charge in [-0.3, -0.25) is 4.79 Å². The molecule has 6 N–H and O–H groups in total. The Morgan fingerprint density at radius 2 is 1.10 bits per heavy atom. The van der Waals surface area contributed by atoms with Crippen molar-refractivity contribution in [3.05, 3.63) is 24.3 Å². The lowest BCUT2D eigenvalue weighted by Crippen LogP contribution is -2.60. The van der Waals surface area contributed by atoms with E-state index in [9.17, 15) is 30.3 Å². The summed E-state index contributed by atoms with van der Waals surface area (Å²) in [5, 5.41) is 54.1. The van der Waals surface area contributed by atoms with Gasteiger partial charge in [0.15, 0.2) is 6.29 Å². The summed E-state index contributed by atoms with van der Waals surface area (Å²) < 4.78 is 11.2. The summed E-state index contributed by atoms with van der Waals surface area (Å²) in [5.41, 5.74) is 0. The summed E-state index contributed by atoms with van der Waals surface area (Å²) in [4.78, 5) is 12.9. The Labute approximate surface area is 311 Å². The maximum absolute atomic E-state index is 12.9. The van der Waals surface area contributed by atoms with E-state index in [0.29, 0.717) is 12.8 Å². The van der Waals surface area contributed by atoms with Gasteiger partial charge in [0.05, 0.1) is 25.4 Å². The SMILES string of the molecule is CCCCCCC/C=C/CCCCCCCC(=O)N[C@@H](CO[C@H]1O[C@@H](CO)[C@H](O)C(O)C1O)[C@H](O)CCCC/C=C/CCCCCCCCCC. The molecule has 2 unspecified atom stereocenters. The number of rotatable bonds is 34. The third-order valence-corrected chi connectivity index (χ3v) is 10.0. The van der Waals surface area contributed by atoms with Crippen LogP contribution >= 0.6 is 0 Å². The molecular weight excluding hydrogens is 646 g/mol. The Hall–Kier alpha value is -1.33. The molecule has 1 fully saturated rings. The number of unbranched alkanes of at least 4 members (excludes halogenated alkanes) is 20. The second-order valence-corrected chi connectivity index (χ2v) is 14.8. The fourth-order valence-electron chi connectivity index (χ4n) is 6.56. The number of hydrogen-bond donors (Lipinski definition) is 6. The Morgan fingerprint density at radius 1 is 0.647 bits per heavy atom. The average molecular weight is 726 g/mol. The van der Waals surface area contributed by atoms with Gasteiger partial charge in [-0.15, -0.1) is 0 Å². The van der Waals surface area contributed by atoms with E-state index in [1.807, 2.05) is 0 Å². The van der Waals surface area contributed by atoms with Gasteiger partial charge in [-0.05, 0) is 64.2 Å². The van der Waals surface area contributed by atoms with Gasteiger partial charge >= 0.3 is 0 Å². The van der Waals surface area contributed by atoms with Gasteiger partial charge in [0.25, 0.3) is 0 Å². The van der Waals surface area contributed by atoms with E-state index in [0.717, 1.165) is 64.2 Å². The zero-order chi connectivity index (χ0) is 37.4. The number of carbonyl (C=O) groups is 1. The number of amides is 1. The monoisotopic (exact) mass is 726 g/mol. The minimum atomic E-state index is -1.56. The van der Waals surface area contributed by atoms with E-state index in [1.165, 1.54) is 89.9 Å². The molecule has 0 spiro atoms. The predicted molar refractivity (Wildman–Crippen MR) is 207 cm³/mol. The van der Waals surface area contributed by atoms with Crippen LogP contribution in [0.2, 0.25) is 0 Å². The van der Waals surface area contributed by atoms with Crippen molar-refractivity contribution in [2.75, 3.05) is 13.2 Å². The van der Waals surface area contributed by atoms with Gasteiger partial charge in [-0.2, -0.15) is 0 Å². The van der Waals surface area contributed by atoms with Crippen LogP contribution in [0.5, 0.6) is 0 Å². The molecule has 9 nitrogen and oxygen atoms in total. The van der Waals surface area contributed by atoms with Gasteiger partial charge in [-0.1, -0.05) is 134 Å². The Balaban J connectivity index is 2.41. The van der Waals surface area contributed by atoms with Crippen LogP contribution in [0.15, 0.2) is 24.3 Å². The number of aliphatic hydroxyl groups excluding tert-OH is 5. The molecule has 0 aromatic rings. The number of ether oxygens (including phenoxy) is 2. The highest BCUT2D eigenvalue weighted by atomic mass is 16.7. The highest BCUT2D eigenvalue weighted by Crippen LogP contribution is 2.23. The van der Waals surface area contributed by atoms with E-state index < -0.39 is 49.5 Å². The smallest absolute Gasteiger partial charge is 0.220 e. The molecule has 9 heteroatoms. The van der Waals surface area contributed by atoms with Crippen molar-refractivity contribution in [1.29, 1.82) is 0 Å². The van der Waals surface area contributed by atoms with Crippen molar-refractivity contribution < 1.29 is 39.8 Å². The molecule has 7 atom stereocenters. The summed E-state index contributed by atoms with van der Waals surface area (Å²) in [5.74, 6) is -0.165. The van der Waals surface area contributed by atoms with Crippen LogP contribution in [0, 0.1) is 0 Å².